The monoisotopic (exact) mass is 206 g/mol. The molecule has 0 aromatic rings. The molecule has 0 spiro atoms. The second-order valence-corrected chi connectivity index (χ2v) is 5.29. The van der Waals surface area contributed by atoms with Gasteiger partial charge in [0.05, 0.1) is 0 Å². The Morgan fingerprint density at radius 3 is 1.47 bits per heavy atom. The first-order valence-electron chi connectivity index (χ1n) is 6.98. The van der Waals surface area contributed by atoms with Crippen molar-refractivity contribution in [1.29, 1.82) is 0 Å². The number of nitrogens with zero attached hydrogens (tertiary/aromatic N) is 1. The van der Waals surface area contributed by atoms with Crippen molar-refractivity contribution < 1.29 is 0 Å². The Morgan fingerprint density at radius 1 is 0.733 bits per heavy atom. The molecule has 2 aliphatic carbocycles. The molecule has 1 radical (unpaired) electrons. The molecule has 0 saturated heterocycles. The van der Waals surface area contributed by atoms with Gasteiger partial charge in [-0.15, -0.1) is 0 Å². The van der Waals surface area contributed by atoms with Crippen LogP contribution >= 0.6 is 0 Å². The Kier molecular flexibility index (Phi) is 4.55. The average Bonchev–Trinajstić information content (AvgIpc) is 2.33. The first-order chi connectivity index (χ1) is 7.42. The molecule has 0 aromatic carbocycles. The van der Waals surface area contributed by atoms with Crippen molar-refractivity contribution in [2.45, 2.75) is 83.1 Å². The van der Waals surface area contributed by atoms with Crippen LogP contribution in [0.1, 0.15) is 64.2 Å². The molecule has 2 aliphatic rings. The Morgan fingerprint density at radius 2 is 1.13 bits per heavy atom. The number of hydrogen-bond acceptors (Lipinski definition) is 1. The maximum Gasteiger partial charge on any atom is 0.205 e. The van der Waals surface area contributed by atoms with Gasteiger partial charge in [0.2, 0.25) is 7.41 Å². The molecule has 1 nitrogen and oxygen atoms in total. The van der Waals surface area contributed by atoms with Crippen LogP contribution in [0.15, 0.2) is 0 Å². The summed E-state index contributed by atoms with van der Waals surface area (Å²) in [5, 5.41) is 0. The van der Waals surface area contributed by atoms with Crippen LogP contribution < -0.4 is 0 Å². The summed E-state index contributed by atoms with van der Waals surface area (Å²) in [6.07, 6.45) is 14.6. The van der Waals surface area contributed by atoms with Crippen LogP contribution in [0.4, 0.5) is 0 Å². The zero-order chi connectivity index (χ0) is 10.5. The van der Waals surface area contributed by atoms with Gasteiger partial charge in [-0.2, -0.15) is 0 Å². The van der Waals surface area contributed by atoms with E-state index < -0.39 is 0 Å². The molecule has 2 saturated carbocycles. The van der Waals surface area contributed by atoms with Gasteiger partial charge in [0, 0.05) is 0 Å². The fourth-order valence-corrected chi connectivity index (χ4v) is 3.48. The summed E-state index contributed by atoms with van der Waals surface area (Å²) in [5.74, 6) is 0. The summed E-state index contributed by atoms with van der Waals surface area (Å²) in [7, 11) is 2.38. The highest BCUT2D eigenvalue weighted by molar-refractivity contribution is 6.30. The lowest BCUT2D eigenvalue weighted by Gasteiger charge is -2.41. The zero-order valence-corrected chi connectivity index (χ0v) is 10.3. The number of hydrogen-bond donors (Lipinski definition) is 0. The van der Waals surface area contributed by atoms with Crippen molar-refractivity contribution in [1.82, 2.24) is 4.81 Å². The SMILES string of the molecule is C[B]N(C1CCCCC1)C1CCCCC1. The van der Waals surface area contributed by atoms with E-state index in [1.54, 1.807) is 0 Å². The highest BCUT2D eigenvalue weighted by Gasteiger charge is 2.27. The molecule has 85 valence electrons. The molecular formula is C13H25BN. The van der Waals surface area contributed by atoms with Gasteiger partial charge in [0.15, 0.2) is 0 Å². The summed E-state index contributed by atoms with van der Waals surface area (Å²) in [6, 6.07) is 1.76. The molecule has 0 aromatic heterocycles. The Bertz CT molecular complexity index is 153. The predicted molar refractivity (Wildman–Crippen MR) is 67.2 cm³/mol. The molecule has 2 rings (SSSR count). The van der Waals surface area contributed by atoms with Crippen LogP contribution in [0.5, 0.6) is 0 Å². The van der Waals surface area contributed by atoms with Gasteiger partial charge in [0.1, 0.15) is 0 Å². The molecular weight excluding hydrogens is 181 g/mol. The highest BCUT2D eigenvalue weighted by atomic mass is 15.1. The van der Waals surface area contributed by atoms with Gasteiger partial charge < -0.3 is 4.81 Å². The Balaban J connectivity index is 1.88. The third kappa shape index (κ3) is 2.99. The van der Waals surface area contributed by atoms with Crippen LogP contribution in [-0.4, -0.2) is 24.3 Å². The van der Waals surface area contributed by atoms with E-state index in [1.165, 1.54) is 64.2 Å². The van der Waals surface area contributed by atoms with Gasteiger partial charge in [-0.1, -0.05) is 45.3 Å². The van der Waals surface area contributed by atoms with Crippen molar-refractivity contribution >= 4 is 7.41 Å². The van der Waals surface area contributed by atoms with Crippen molar-refractivity contribution in [3.05, 3.63) is 0 Å². The van der Waals surface area contributed by atoms with Crippen LogP contribution in [0.2, 0.25) is 6.82 Å². The molecule has 0 unspecified atom stereocenters. The fraction of sp³-hybridized carbons (Fsp3) is 1.00. The molecule has 0 aliphatic heterocycles. The van der Waals surface area contributed by atoms with Crippen LogP contribution in [0.3, 0.4) is 0 Å². The predicted octanol–water partition coefficient (Wildman–Crippen LogP) is 3.62. The Hall–Kier alpha value is 0.0249. The quantitative estimate of drug-likeness (QED) is 0.637. The van der Waals surface area contributed by atoms with Gasteiger partial charge >= 0.3 is 0 Å². The smallest absolute Gasteiger partial charge is 0.205 e. The first-order valence-corrected chi connectivity index (χ1v) is 6.98. The van der Waals surface area contributed by atoms with E-state index in [-0.39, 0.29) is 0 Å². The van der Waals surface area contributed by atoms with Crippen LogP contribution in [0.25, 0.3) is 0 Å². The number of rotatable bonds is 3. The van der Waals surface area contributed by atoms with Gasteiger partial charge in [-0.3, -0.25) is 0 Å². The molecule has 0 N–H and O–H groups in total. The summed E-state index contributed by atoms with van der Waals surface area (Å²) >= 11 is 0. The van der Waals surface area contributed by atoms with E-state index in [0.29, 0.717) is 0 Å². The summed E-state index contributed by atoms with van der Waals surface area (Å²) in [5.41, 5.74) is 0. The minimum absolute atomic E-state index is 0.881. The highest BCUT2D eigenvalue weighted by Crippen LogP contribution is 2.29. The third-order valence-corrected chi connectivity index (χ3v) is 4.29. The average molecular weight is 206 g/mol. The second-order valence-electron chi connectivity index (χ2n) is 5.29. The first kappa shape index (κ1) is 11.5. The summed E-state index contributed by atoms with van der Waals surface area (Å²) in [6.45, 7) is 2.24. The molecule has 15 heavy (non-hydrogen) atoms. The standard InChI is InChI=1S/C13H25BN/c1-14-15(12-8-4-2-5-9-12)13-10-6-3-7-11-13/h12-13H,2-11H2,1H3. The molecule has 0 bridgehead atoms. The van der Waals surface area contributed by atoms with E-state index in [9.17, 15) is 0 Å². The molecule has 0 atom stereocenters. The lowest BCUT2D eigenvalue weighted by molar-refractivity contribution is 0.171. The minimum Gasteiger partial charge on any atom is -0.342 e. The maximum absolute atomic E-state index is 2.72. The van der Waals surface area contributed by atoms with E-state index in [1.807, 2.05) is 0 Å². The lowest BCUT2D eigenvalue weighted by Crippen LogP contribution is -2.46. The topological polar surface area (TPSA) is 3.24 Å². The van der Waals surface area contributed by atoms with E-state index in [0.717, 1.165) is 12.1 Å². The van der Waals surface area contributed by atoms with Crippen LogP contribution in [0, 0.1) is 0 Å². The molecule has 0 heterocycles. The van der Waals surface area contributed by atoms with Crippen molar-refractivity contribution in [2.24, 2.45) is 0 Å². The van der Waals surface area contributed by atoms with Crippen LogP contribution in [-0.2, 0) is 0 Å². The van der Waals surface area contributed by atoms with Gasteiger partial charge in [0.25, 0.3) is 0 Å². The lowest BCUT2D eigenvalue weighted by atomic mass is 9.80. The second kappa shape index (κ2) is 5.93. The maximum atomic E-state index is 2.72. The van der Waals surface area contributed by atoms with E-state index >= 15 is 0 Å². The summed E-state index contributed by atoms with van der Waals surface area (Å²) < 4.78 is 0. The van der Waals surface area contributed by atoms with E-state index in [2.05, 4.69) is 19.0 Å². The zero-order valence-electron chi connectivity index (χ0n) is 10.3. The minimum atomic E-state index is 0.881. The van der Waals surface area contributed by atoms with Crippen molar-refractivity contribution in [2.75, 3.05) is 0 Å². The molecule has 2 heteroatoms. The summed E-state index contributed by atoms with van der Waals surface area (Å²) in [4.78, 5) is 2.72. The van der Waals surface area contributed by atoms with Gasteiger partial charge in [-0.25, -0.2) is 0 Å². The molecule has 0 amide bonds. The Labute approximate surface area is 95.9 Å². The van der Waals surface area contributed by atoms with Gasteiger partial charge in [-0.05, 0) is 37.8 Å². The normalized spacial score (nSPS) is 25.7. The van der Waals surface area contributed by atoms with Crippen molar-refractivity contribution in [3.63, 3.8) is 0 Å². The van der Waals surface area contributed by atoms with E-state index in [4.69, 9.17) is 0 Å². The third-order valence-electron chi connectivity index (χ3n) is 4.29. The largest absolute Gasteiger partial charge is 0.342 e. The molecule has 2 fully saturated rings. The van der Waals surface area contributed by atoms with Crippen molar-refractivity contribution in [3.8, 4) is 0 Å². The fourth-order valence-electron chi connectivity index (χ4n) is 3.48.